The third-order valence-corrected chi connectivity index (χ3v) is 6.49. The molecule has 9 nitrogen and oxygen atoms in total. The van der Waals surface area contributed by atoms with Crippen molar-refractivity contribution in [2.75, 3.05) is 11.9 Å². The van der Waals surface area contributed by atoms with Crippen molar-refractivity contribution in [3.8, 4) is 11.8 Å². The van der Waals surface area contributed by atoms with Gasteiger partial charge in [-0.1, -0.05) is 43.9 Å². The van der Waals surface area contributed by atoms with Gasteiger partial charge < -0.3 is 21.1 Å². The number of hydrogen-bond acceptors (Lipinski definition) is 6. The van der Waals surface area contributed by atoms with Gasteiger partial charge in [0, 0.05) is 28.4 Å². The zero-order chi connectivity index (χ0) is 27.3. The number of nitrogens with one attached hydrogen (secondary N) is 4. The molecule has 0 bridgehead atoms. The Labute approximate surface area is 223 Å². The molecule has 3 rings (SSSR count). The molecule has 2 aromatic rings. The molecule has 0 saturated heterocycles. The SMILES string of the molecule is C[C@@H](O)[C@H](NC(=O)c1ccc(C#Cc2ccc(NC(=O)CNC3CCCCCCC3)cc2)cc1)C(=O)NO. The number of carbonyl (C=O) groups excluding carboxylic acids is 3. The Morgan fingerprint density at radius 2 is 1.45 bits per heavy atom. The lowest BCUT2D eigenvalue weighted by atomic mass is 9.97. The molecule has 1 aliphatic rings. The van der Waals surface area contributed by atoms with E-state index in [4.69, 9.17) is 5.21 Å². The topological polar surface area (TPSA) is 140 Å². The maximum absolute atomic E-state index is 12.4. The van der Waals surface area contributed by atoms with E-state index >= 15 is 0 Å². The third-order valence-electron chi connectivity index (χ3n) is 6.49. The van der Waals surface area contributed by atoms with Crippen molar-refractivity contribution in [2.45, 2.75) is 70.1 Å². The van der Waals surface area contributed by atoms with Crippen LogP contribution in [0.4, 0.5) is 5.69 Å². The summed E-state index contributed by atoms with van der Waals surface area (Å²) >= 11 is 0. The van der Waals surface area contributed by atoms with Crippen LogP contribution in [0.25, 0.3) is 0 Å². The van der Waals surface area contributed by atoms with E-state index in [1.54, 1.807) is 24.3 Å². The molecule has 0 radical (unpaired) electrons. The molecule has 6 N–H and O–H groups in total. The number of amides is 3. The summed E-state index contributed by atoms with van der Waals surface area (Å²) in [6.07, 6.45) is 7.38. The van der Waals surface area contributed by atoms with Gasteiger partial charge in [0.1, 0.15) is 6.04 Å². The molecular weight excluding hydrogens is 484 g/mol. The number of hydrogen-bond donors (Lipinski definition) is 6. The van der Waals surface area contributed by atoms with Gasteiger partial charge >= 0.3 is 0 Å². The molecule has 0 aliphatic heterocycles. The summed E-state index contributed by atoms with van der Waals surface area (Å²) in [4.78, 5) is 36.3. The zero-order valence-electron chi connectivity index (χ0n) is 21.6. The normalized spacial score (nSPS) is 15.6. The number of aliphatic hydroxyl groups excluding tert-OH is 1. The molecule has 0 unspecified atom stereocenters. The van der Waals surface area contributed by atoms with Crippen molar-refractivity contribution in [1.29, 1.82) is 0 Å². The summed E-state index contributed by atoms with van der Waals surface area (Å²) in [7, 11) is 0. The lowest BCUT2D eigenvalue weighted by Gasteiger charge is -2.20. The van der Waals surface area contributed by atoms with Crippen LogP contribution in [0, 0.1) is 11.8 Å². The van der Waals surface area contributed by atoms with E-state index in [0.29, 0.717) is 23.8 Å². The second-order valence-electron chi connectivity index (χ2n) is 9.54. The van der Waals surface area contributed by atoms with Crippen LogP contribution in [0.1, 0.15) is 73.4 Å². The van der Waals surface area contributed by atoms with E-state index in [1.165, 1.54) is 44.5 Å². The Kier molecular flexibility index (Phi) is 11.3. The van der Waals surface area contributed by atoms with Crippen LogP contribution in [0.15, 0.2) is 48.5 Å². The summed E-state index contributed by atoms with van der Waals surface area (Å²) in [6.45, 7) is 1.63. The quantitative estimate of drug-likeness (QED) is 0.180. The third kappa shape index (κ3) is 9.30. The van der Waals surface area contributed by atoms with Gasteiger partial charge in [-0.15, -0.1) is 0 Å². The van der Waals surface area contributed by atoms with E-state index in [9.17, 15) is 19.5 Å². The van der Waals surface area contributed by atoms with Crippen LogP contribution in [0.3, 0.4) is 0 Å². The number of aliphatic hydroxyl groups is 1. The Hall–Kier alpha value is -3.71. The van der Waals surface area contributed by atoms with E-state index in [1.807, 2.05) is 24.3 Å². The molecule has 2 atom stereocenters. The van der Waals surface area contributed by atoms with E-state index < -0.39 is 24.0 Å². The molecule has 9 heteroatoms. The number of benzene rings is 2. The summed E-state index contributed by atoms with van der Waals surface area (Å²) in [5.74, 6) is 4.52. The van der Waals surface area contributed by atoms with Gasteiger partial charge in [-0.25, -0.2) is 5.48 Å². The average Bonchev–Trinajstić information content (AvgIpc) is 2.90. The van der Waals surface area contributed by atoms with Gasteiger partial charge in [0.15, 0.2) is 0 Å². The second kappa shape index (κ2) is 14.9. The first kappa shape index (κ1) is 28.9. The van der Waals surface area contributed by atoms with E-state index in [-0.39, 0.29) is 11.5 Å². The Balaban J connectivity index is 1.49. The number of anilines is 1. The van der Waals surface area contributed by atoms with Crippen LogP contribution in [-0.2, 0) is 9.59 Å². The Morgan fingerprint density at radius 1 is 0.895 bits per heavy atom. The van der Waals surface area contributed by atoms with Crippen molar-refractivity contribution in [3.05, 3.63) is 65.2 Å². The van der Waals surface area contributed by atoms with Gasteiger partial charge in [0.05, 0.1) is 12.6 Å². The van der Waals surface area contributed by atoms with Crippen LogP contribution in [0.2, 0.25) is 0 Å². The van der Waals surface area contributed by atoms with Crippen molar-refractivity contribution in [3.63, 3.8) is 0 Å². The predicted octanol–water partition coefficient (Wildman–Crippen LogP) is 2.71. The molecule has 1 saturated carbocycles. The molecule has 38 heavy (non-hydrogen) atoms. The minimum atomic E-state index is -1.29. The van der Waals surface area contributed by atoms with Gasteiger partial charge in [-0.2, -0.15) is 0 Å². The van der Waals surface area contributed by atoms with Crippen molar-refractivity contribution in [1.82, 2.24) is 16.1 Å². The average molecular weight is 521 g/mol. The Morgan fingerprint density at radius 3 is 2.00 bits per heavy atom. The maximum atomic E-state index is 12.4. The summed E-state index contributed by atoms with van der Waals surface area (Å²) in [5, 5.41) is 27.1. The fourth-order valence-corrected chi connectivity index (χ4v) is 4.29. The summed E-state index contributed by atoms with van der Waals surface area (Å²) in [5.41, 5.74) is 3.86. The highest BCUT2D eigenvalue weighted by Gasteiger charge is 2.25. The minimum Gasteiger partial charge on any atom is -0.391 e. The van der Waals surface area contributed by atoms with Crippen molar-refractivity contribution < 1.29 is 24.7 Å². The first-order valence-electron chi connectivity index (χ1n) is 13.0. The molecule has 1 fully saturated rings. The lowest BCUT2D eigenvalue weighted by molar-refractivity contribution is -0.133. The van der Waals surface area contributed by atoms with Crippen LogP contribution >= 0.6 is 0 Å². The van der Waals surface area contributed by atoms with Gasteiger partial charge in [-0.05, 0) is 68.3 Å². The van der Waals surface area contributed by atoms with Gasteiger partial charge in [-0.3, -0.25) is 19.6 Å². The molecular formula is C29H36N4O5. The minimum absolute atomic E-state index is 0.0632. The highest BCUT2D eigenvalue weighted by atomic mass is 16.5. The molecule has 202 valence electrons. The lowest BCUT2D eigenvalue weighted by Crippen LogP contribution is -2.51. The molecule has 0 aromatic heterocycles. The predicted molar refractivity (Wildman–Crippen MR) is 144 cm³/mol. The summed E-state index contributed by atoms with van der Waals surface area (Å²) in [6, 6.07) is 12.9. The molecule has 2 aromatic carbocycles. The summed E-state index contributed by atoms with van der Waals surface area (Å²) < 4.78 is 0. The monoisotopic (exact) mass is 520 g/mol. The maximum Gasteiger partial charge on any atom is 0.268 e. The van der Waals surface area contributed by atoms with Crippen molar-refractivity contribution in [2.24, 2.45) is 0 Å². The van der Waals surface area contributed by atoms with E-state index in [2.05, 4.69) is 27.8 Å². The molecule has 0 spiro atoms. The second-order valence-corrected chi connectivity index (χ2v) is 9.54. The first-order valence-corrected chi connectivity index (χ1v) is 13.0. The Bertz CT molecular complexity index is 1130. The highest BCUT2D eigenvalue weighted by Crippen LogP contribution is 2.17. The number of hydroxylamine groups is 1. The fourth-order valence-electron chi connectivity index (χ4n) is 4.29. The highest BCUT2D eigenvalue weighted by molar-refractivity contribution is 5.97. The van der Waals surface area contributed by atoms with Gasteiger partial charge in [0.25, 0.3) is 11.8 Å². The van der Waals surface area contributed by atoms with E-state index in [0.717, 1.165) is 18.4 Å². The molecule has 1 aliphatic carbocycles. The van der Waals surface area contributed by atoms with Crippen LogP contribution in [-0.4, -0.2) is 52.8 Å². The standard InChI is InChI=1S/C29H36N4O5/c1-20(34)27(29(37)33-38)32-28(36)23-15-11-21(12-16-23)9-10-22-13-17-25(18-14-22)31-26(35)19-30-24-7-5-3-2-4-6-8-24/h11-18,20,24,27,30,34,38H,2-8,19H2,1H3,(H,31,35)(H,32,36)(H,33,37)/t20-,27+/m1/s1. The molecule has 0 heterocycles. The molecule has 3 amide bonds. The van der Waals surface area contributed by atoms with Crippen LogP contribution in [0.5, 0.6) is 0 Å². The fraction of sp³-hybridized carbons (Fsp3) is 0.414. The number of carbonyl (C=O) groups is 3. The van der Waals surface area contributed by atoms with Gasteiger partial charge in [0.2, 0.25) is 5.91 Å². The smallest absolute Gasteiger partial charge is 0.268 e. The largest absolute Gasteiger partial charge is 0.391 e. The first-order chi connectivity index (χ1) is 18.4. The number of rotatable bonds is 8. The zero-order valence-corrected chi connectivity index (χ0v) is 21.6. The van der Waals surface area contributed by atoms with Crippen LogP contribution < -0.4 is 21.4 Å². The van der Waals surface area contributed by atoms with Crippen molar-refractivity contribution >= 4 is 23.4 Å².